The van der Waals surface area contributed by atoms with Crippen LogP contribution in [0.15, 0.2) is 47.1 Å². The fourth-order valence-electron chi connectivity index (χ4n) is 3.17. The summed E-state index contributed by atoms with van der Waals surface area (Å²) in [6.45, 7) is 5.99. The van der Waals surface area contributed by atoms with E-state index in [4.69, 9.17) is 9.15 Å². The number of anilines is 1. The summed E-state index contributed by atoms with van der Waals surface area (Å²) in [6, 6.07) is 8.95. The monoisotopic (exact) mass is 413 g/mol. The number of nitrogens with one attached hydrogen (secondary N) is 2. The zero-order valence-corrected chi connectivity index (χ0v) is 17.1. The molecule has 0 aliphatic heterocycles. The Morgan fingerprint density at radius 1 is 1.17 bits per heavy atom. The van der Waals surface area contributed by atoms with Gasteiger partial charge in [-0.25, -0.2) is 14.0 Å². The normalized spacial score (nSPS) is 10.7. The molecule has 7 nitrogen and oxygen atoms in total. The number of nitrogens with zero attached hydrogens (tertiary/aromatic N) is 1. The Kier molecular flexibility index (Phi) is 6.56. The third kappa shape index (κ3) is 4.71. The van der Waals surface area contributed by atoms with Crippen molar-refractivity contribution in [2.75, 3.05) is 11.9 Å². The molecule has 30 heavy (non-hydrogen) atoms. The largest absolute Gasteiger partial charge is 0.467 e. The lowest BCUT2D eigenvalue weighted by atomic mass is 10.1. The molecule has 0 saturated heterocycles. The molecule has 158 valence electrons. The van der Waals surface area contributed by atoms with Crippen molar-refractivity contribution in [2.24, 2.45) is 0 Å². The fourth-order valence-corrected chi connectivity index (χ4v) is 3.17. The maximum atomic E-state index is 14.0. The highest BCUT2D eigenvalue weighted by molar-refractivity contribution is 5.91. The number of halogens is 1. The first-order valence-corrected chi connectivity index (χ1v) is 9.58. The number of rotatable bonds is 7. The minimum absolute atomic E-state index is 0.0849. The summed E-state index contributed by atoms with van der Waals surface area (Å²) in [5.74, 6) is -0.393. The van der Waals surface area contributed by atoms with Crippen LogP contribution in [0.4, 0.5) is 14.9 Å². The molecule has 0 bridgehead atoms. The Morgan fingerprint density at radius 2 is 1.93 bits per heavy atom. The molecule has 3 aromatic rings. The Bertz CT molecular complexity index is 1030. The molecule has 0 radical (unpaired) electrons. The summed E-state index contributed by atoms with van der Waals surface area (Å²) in [5, 5.41) is 2.60. The lowest BCUT2D eigenvalue weighted by molar-refractivity contribution is 0.0519. The van der Waals surface area contributed by atoms with Crippen molar-refractivity contribution < 1.29 is 23.1 Å². The van der Waals surface area contributed by atoms with Gasteiger partial charge in [-0.2, -0.15) is 0 Å². The molecular formula is C22H24FN3O4. The van der Waals surface area contributed by atoms with E-state index in [0.717, 1.165) is 11.3 Å². The number of furan rings is 1. The third-order valence-corrected chi connectivity index (χ3v) is 4.75. The van der Waals surface area contributed by atoms with E-state index in [-0.39, 0.29) is 25.4 Å². The number of carbonyl (C=O) groups excluding carboxylic acids is 2. The zero-order chi connectivity index (χ0) is 21.7. The Balaban J connectivity index is 1.87. The molecule has 8 heteroatoms. The van der Waals surface area contributed by atoms with Crippen molar-refractivity contribution in [3.05, 3.63) is 76.8 Å². The lowest BCUT2D eigenvalue weighted by Gasteiger charge is -2.23. The van der Waals surface area contributed by atoms with Gasteiger partial charge in [-0.15, -0.1) is 0 Å². The highest BCUT2D eigenvalue weighted by Crippen LogP contribution is 2.23. The number of urea groups is 1. The molecular weight excluding hydrogens is 389 g/mol. The van der Waals surface area contributed by atoms with Crippen molar-refractivity contribution in [1.82, 2.24) is 9.88 Å². The number of aromatic nitrogens is 1. The van der Waals surface area contributed by atoms with Crippen molar-refractivity contribution >= 4 is 17.7 Å². The van der Waals surface area contributed by atoms with Gasteiger partial charge in [0.1, 0.15) is 17.3 Å². The zero-order valence-electron chi connectivity index (χ0n) is 17.1. The van der Waals surface area contributed by atoms with E-state index in [9.17, 15) is 14.0 Å². The van der Waals surface area contributed by atoms with Crippen LogP contribution in [0.1, 0.15) is 40.0 Å². The highest BCUT2D eigenvalue weighted by Gasteiger charge is 2.23. The number of ether oxygens (including phenoxy) is 1. The number of aromatic amines is 1. The number of H-pyrrole nitrogens is 1. The van der Waals surface area contributed by atoms with E-state index in [1.54, 1.807) is 38.1 Å². The Hall–Kier alpha value is -3.55. The first-order chi connectivity index (χ1) is 14.4. The van der Waals surface area contributed by atoms with Crippen molar-refractivity contribution in [2.45, 2.75) is 33.9 Å². The van der Waals surface area contributed by atoms with Gasteiger partial charge in [0.25, 0.3) is 0 Å². The third-order valence-electron chi connectivity index (χ3n) is 4.75. The van der Waals surface area contributed by atoms with Gasteiger partial charge >= 0.3 is 12.0 Å². The highest BCUT2D eigenvalue weighted by atomic mass is 19.1. The van der Waals surface area contributed by atoms with Crippen LogP contribution in [0.5, 0.6) is 0 Å². The first kappa shape index (κ1) is 21.2. The second-order valence-corrected chi connectivity index (χ2v) is 6.79. The number of aryl methyl sites for hydroxylation is 1. The van der Waals surface area contributed by atoms with Gasteiger partial charge in [0.15, 0.2) is 0 Å². The molecule has 1 aromatic carbocycles. The number of hydrogen-bond donors (Lipinski definition) is 2. The van der Waals surface area contributed by atoms with Gasteiger partial charge in [-0.1, -0.05) is 12.1 Å². The molecule has 2 amide bonds. The van der Waals surface area contributed by atoms with Gasteiger partial charge in [0.2, 0.25) is 0 Å². The summed E-state index contributed by atoms with van der Waals surface area (Å²) in [6.07, 6.45) is 1.52. The molecule has 0 aliphatic rings. The maximum absolute atomic E-state index is 14.0. The summed E-state index contributed by atoms with van der Waals surface area (Å²) in [4.78, 5) is 29.7. The number of benzene rings is 1. The van der Waals surface area contributed by atoms with Gasteiger partial charge in [-0.3, -0.25) is 0 Å². The molecule has 0 atom stereocenters. The van der Waals surface area contributed by atoms with Gasteiger partial charge in [0, 0.05) is 12.2 Å². The lowest BCUT2D eigenvalue weighted by Crippen LogP contribution is -2.34. The van der Waals surface area contributed by atoms with Crippen LogP contribution in [-0.4, -0.2) is 28.5 Å². The number of carbonyl (C=O) groups is 2. The maximum Gasteiger partial charge on any atom is 0.355 e. The second-order valence-electron chi connectivity index (χ2n) is 6.79. The summed E-state index contributed by atoms with van der Waals surface area (Å²) < 4.78 is 24.5. The Morgan fingerprint density at radius 3 is 2.60 bits per heavy atom. The molecule has 0 spiro atoms. The van der Waals surface area contributed by atoms with Crippen LogP contribution in [0.2, 0.25) is 0 Å². The van der Waals surface area contributed by atoms with Gasteiger partial charge in [-0.05, 0) is 56.2 Å². The SMILES string of the molecule is CCOC(=O)c1[nH]c(C)c(CN(Cc2ccco2)C(=O)Nc2ccccc2F)c1C. The molecule has 0 saturated carbocycles. The molecule has 0 unspecified atom stereocenters. The molecule has 3 rings (SSSR count). The standard InChI is InChI=1S/C22H24FN3O4/c1-4-29-21(27)20-14(2)17(15(3)24-20)13-26(12-16-8-7-11-30-16)22(28)25-19-10-6-5-9-18(19)23/h5-11,24H,4,12-13H2,1-3H3,(H,25,28). The average Bonchev–Trinajstić information content (AvgIpc) is 3.32. The van der Waals surface area contributed by atoms with E-state index < -0.39 is 17.8 Å². The van der Waals surface area contributed by atoms with Crippen LogP contribution in [0.3, 0.4) is 0 Å². The fraction of sp³-hybridized carbons (Fsp3) is 0.273. The van der Waals surface area contributed by atoms with Crippen LogP contribution < -0.4 is 5.32 Å². The molecule has 0 aliphatic carbocycles. The summed E-state index contributed by atoms with van der Waals surface area (Å²) in [7, 11) is 0. The summed E-state index contributed by atoms with van der Waals surface area (Å²) in [5.41, 5.74) is 2.68. The van der Waals surface area contributed by atoms with Crippen LogP contribution in [-0.2, 0) is 17.8 Å². The Labute approximate surface area is 173 Å². The van der Waals surface area contributed by atoms with E-state index in [1.165, 1.54) is 23.3 Å². The number of hydrogen-bond acceptors (Lipinski definition) is 4. The molecule has 0 fully saturated rings. The topological polar surface area (TPSA) is 87.6 Å². The molecule has 2 heterocycles. The van der Waals surface area contributed by atoms with Crippen LogP contribution in [0.25, 0.3) is 0 Å². The second kappa shape index (κ2) is 9.30. The van der Waals surface area contributed by atoms with Crippen LogP contribution >= 0.6 is 0 Å². The van der Waals surface area contributed by atoms with Crippen molar-refractivity contribution in [3.63, 3.8) is 0 Å². The molecule has 2 N–H and O–H groups in total. The summed E-state index contributed by atoms with van der Waals surface area (Å²) >= 11 is 0. The quantitative estimate of drug-likeness (QED) is 0.546. The average molecular weight is 413 g/mol. The number of amides is 2. The first-order valence-electron chi connectivity index (χ1n) is 9.58. The van der Waals surface area contributed by atoms with Crippen molar-refractivity contribution in [3.8, 4) is 0 Å². The van der Waals surface area contributed by atoms with E-state index in [1.807, 2.05) is 6.92 Å². The minimum atomic E-state index is -0.526. The predicted octanol–water partition coefficient (Wildman–Crippen LogP) is 4.77. The predicted molar refractivity (Wildman–Crippen MR) is 110 cm³/mol. The minimum Gasteiger partial charge on any atom is -0.467 e. The van der Waals surface area contributed by atoms with Crippen molar-refractivity contribution in [1.29, 1.82) is 0 Å². The number of esters is 1. The van der Waals surface area contributed by atoms with Gasteiger partial charge < -0.3 is 24.4 Å². The van der Waals surface area contributed by atoms with E-state index in [2.05, 4.69) is 10.3 Å². The van der Waals surface area contributed by atoms with E-state index in [0.29, 0.717) is 17.0 Å². The van der Waals surface area contributed by atoms with E-state index >= 15 is 0 Å². The van der Waals surface area contributed by atoms with Gasteiger partial charge in [0.05, 0.1) is 25.1 Å². The smallest absolute Gasteiger partial charge is 0.355 e. The molecule has 2 aromatic heterocycles. The number of para-hydroxylation sites is 1. The van der Waals surface area contributed by atoms with Crippen LogP contribution in [0, 0.1) is 19.7 Å².